The highest BCUT2D eigenvalue weighted by molar-refractivity contribution is 5.96. The molecule has 0 saturated heterocycles. The Bertz CT molecular complexity index is 1290. The molecule has 0 atom stereocenters. The highest BCUT2D eigenvalue weighted by atomic mass is 19.1. The topological polar surface area (TPSA) is 65.4 Å². The number of hydrogen-bond acceptors (Lipinski definition) is 4. The molecule has 8 heteroatoms. The number of ether oxygens (including phenoxy) is 2. The van der Waals surface area contributed by atoms with Gasteiger partial charge in [0.1, 0.15) is 29.6 Å². The number of halogens is 2. The summed E-state index contributed by atoms with van der Waals surface area (Å²) in [7, 11) is 1.56. The van der Waals surface area contributed by atoms with Crippen molar-refractivity contribution in [3.63, 3.8) is 0 Å². The second-order valence-corrected chi connectivity index (χ2v) is 7.59. The van der Waals surface area contributed by atoms with Gasteiger partial charge in [-0.15, -0.1) is 5.10 Å². The van der Waals surface area contributed by atoms with Gasteiger partial charge in [-0.1, -0.05) is 42.5 Å². The predicted octanol–water partition coefficient (Wildman–Crippen LogP) is 4.73. The number of carbonyl (C=O) groups is 1. The first-order valence-corrected chi connectivity index (χ1v) is 10.6. The van der Waals surface area contributed by atoms with Crippen molar-refractivity contribution in [2.75, 3.05) is 7.11 Å². The zero-order valence-corrected chi connectivity index (χ0v) is 18.5. The lowest BCUT2D eigenvalue weighted by Crippen LogP contribution is -2.23. The molecule has 0 aliphatic heterocycles. The van der Waals surface area contributed by atoms with E-state index in [2.05, 4.69) is 10.4 Å². The molecule has 4 rings (SSSR count). The minimum Gasteiger partial charge on any atom is -0.496 e. The molecule has 0 aliphatic carbocycles. The maximum atomic E-state index is 13.6. The summed E-state index contributed by atoms with van der Waals surface area (Å²) in [6.45, 7) is 0.511. The number of carbonyl (C=O) groups excluding carboxylic acids is 1. The number of benzene rings is 3. The molecular weight excluding hydrogens is 440 g/mol. The van der Waals surface area contributed by atoms with Gasteiger partial charge in [0, 0.05) is 18.3 Å². The van der Waals surface area contributed by atoms with Crippen LogP contribution in [-0.2, 0) is 19.7 Å². The molecule has 1 aromatic heterocycles. The Balaban J connectivity index is 1.55. The van der Waals surface area contributed by atoms with Crippen LogP contribution in [0.15, 0.2) is 79.0 Å². The van der Waals surface area contributed by atoms with Gasteiger partial charge in [-0.25, -0.2) is 8.78 Å². The third-order valence-corrected chi connectivity index (χ3v) is 5.10. The van der Waals surface area contributed by atoms with Gasteiger partial charge >= 0.3 is 0 Å². The standard InChI is InChI=1S/C26H23F2N3O3/c1-33-24-11-3-2-8-20(24)14-29-25(32)23-16-31(15-18-6-4-9-21(27)12-18)30-26(23)34-17-19-7-5-10-22(28)13-19/h2-13,16H,14-15,17H2,1H3,(H,29,32). The molecule has 3 aromatic carbocycles. The second-order valence-electron chi connectivity index (χ2n) is 7.59. The summed E-state index contributed by atoms with van der Waals surface area (Å²) < 4.78 is 39.7. The van der Waals surface area contributed by atoms with Crippen LogP contribution in [0.5, 0.6) is 11.6 Å². The molecule has 0 spiro atoms. The summed E-state index contributed by atoms with van der Waals surface area (Å²) in [6.07, 6.45) is 1.55. The summed E-state index contributed by atoms with van der Waals surface area (Å²) in [5.41, 5.74) is 2.30. The Kier molecular flexibility index (Phi) is 7.17. The van der Waals surface area contributed by atoms with Crippen molar-refractivity contribution in [2.45, 2.75) is 19.7 Å². The number of amides is 1. The average molecular weight is 463 g/mol. The van der Waals surface area contributed by atoms with Crippen molar-refractivity contribution in [1.82, 2.24) is 15.1 Å². The third-order valence-electron chi connectivity index (χ3n) is 5.10. The van der Waals surface area contributed by atoms with Crippen molar-refractivity contribution >= 4 is 5.91 Å². The largest absolute Gasteiger partial charge is 0.496 e. The van der Waals surface area contributed by atoms with Crippen LogP contribution in [0.3, 0.4) is 0 Å². The highest BCUT2D eigenvalue weighted by Crippen LogP contribution is 2.21. The zero-order chi connectivity index (χ0) is 23.9. The van der Waals surface area contributed by atoms with E-state index in [9.17, 15) is 13.6 Å². The average Bonchev–Trinajstić information content (AvgIpc) is 3.24. The predicted molar refractivity (Wildman–Crippen MR) is 123 cm³/mol. The fourth-order valence-corrected chi connectivity index (χ4v) is 3.47. The third kappa shape index (κ3) is 5.78. The van der Waals surface area contributed by atoms with Crippen LogP contribution in [0.25, 0.3) is 0 Å². The number of hydrogen-bond donors (Lipinski definition) is 1. The van der Waals surface area contributed by atoms with E-state index in [1.165, 1.54) is 28.9 Å². The summed E-state index contributed by atoms with van der Waals surface area (Å²) in [4.78, 5) is 13.0. The van der Waals surface area contributed by atoms with Gasteiger partial charge in [0.2, 0.25) is 5.88 Å². The number of methoxy groups -OCH3 is 1. The van der Waals surface area contributed by atoms with Gasteiger partial charge in [0.25, 0.3) is 5.91 Å². The van der Waals surface area contributed by atoms with Crippen molar-refractivity contribution < 1.29 is 23.0 Å². The van der Waals surface area contributed by atoms with Gasteiger partial charge in [0.05, 0.1) is 13.7 Å². The molecule has 1 N–H and O–H groups in total. The Morgan fingerprint density at radius 1 is 0.971 bits per heavy atom. The molecule has 0 radical (unpaired) electrons. The number of rotatable bonds is 9. The molecule has 0 saturated carbocycles. The lowest BCUT2D eigenvalue weighted by molar-refractivity contribution is 0.0946. The maximum Gasteiger partial charge on any atom is 0.258 e. The molecule has 0 bridgehead atoms. The van der Waals surface area contributed by atoms with Gasteiger partial charge in [-0.2, -0.15) is 0 Å². The number of nitrogens with one attached hydrogen (secondary N) is 1. The van der Waals surface area contributed by atoms with E-state index in [1.807, 2.05) is 24.3 Å². The fourth-order valence-electron chi connectivity index (χ4n) is 3.47. The monoisotopic (exact) mass is 463 g/mol. The number of nitrogens with zero attached hydrogens (tertiary/aromatic N) is 2. The first-order chi connectivity index (χ1) is 16.5. The molecule has 1 heterocycles. The first-order valence-electron chi connectivity index (χ1n) is 10.6. The van der Waals surface area contributed by atoms with Crippen LogP contribution in [0.1, 0.15) is 27.0 Å². The van der Waals surface area contributed by atoms with E-state index in [0.29, 0.717) is 16.9 Å². The molecule has 0 fully saturated rings. The number of aromatic nitrogens is 2. The lowest BCUT2D eigenvalue weighted by Gasteiger charge is -2.10. The minimum absolute atomic E-state index is 0.0293. The van der Waals surface area contributed by atoms with E-state index >= 15 is 0 Å². The Morgan fingerprint density at radius 2 is 1.68 bits per heavy atom. The maximum absolute atomic E-state index is 13.6. The molecule has 0 aliphatic rings. The van der Waals surface area contributed by atoms with E-state index in [-0.39, 0.29) is 42.8 Å². The van der Waals surface area contributed by atoms with E-state index in [1.54, 1.807) is 37.6 Å². The summed E-state index contributed by atoms with van der Waals surface area (Å²) in [5.74, 6) is -0.384. The first kappa shape index (κ1) is 23.0. The fraction of sp³-hybridized carbons (Fsp3) is 0.154. The molecular formula is C26H23F2N3O3. The van der Waals surface area contributed by atoms with Crippen LogP contribution in [0, 0.1) is 11.6 Å². The molecule has 1 amide bonds. The van der Waals surface area contributed by atoms with Crippen molar-refractivity contribution in [2.24, 2.45) is 0 Å². The summed E-state index contributed by atoms with van der Waals surface area (Å²) in [5, 5.41) is 7.23. The molecule has 6 nitrogen and oxygen atoms in total. The quantitative estimate of drug-likeness (QED) is 0.390. The van der Waals surface area contributed by atoms with Crippen LogP contribution in [-0.4, -0.2) is 22.8 Å². The normalized spacial score (nSPS) is 10.7. The molecule has 174 valence electrons. The smallest absolute Gasteiger partial charge is 0.258 e. The summed E-state index contributed by atoms with van der Waals surface area (Å²) in [6, 6.07) is 19.5. The van der Waals surface area contributed by atoms with Gasteiger partial charge in [0.15, 0.2) is 0 Å². The Hall–Kier alpha value is -4.20. The summed E-state index contributed by atoms with van der Waals surface area (Å²) >= 11 is 0. The van der Waals surface area contributed by atoms with E-state index in [4.69, 9.17) is 9.47 Å². The zero-order valence-electron chi connectivity index (χ0n) is 18.5. The Morgan fingerprint density at radius 3 is 2.41 bits per heavy atom. The SMILES string of the molecule is COc1ccccc1CNC(=O)c1cn(Cc2cccc(F)c2)nc1OCc1cccc(F)c1. The van der Waals surface area contributed by atoms with Crippen LogP contribution in [0.2, 0.25) is 0 Å². The Labute approximate surface area is 195 Å². The van der Waals surface area contributed by atoms with Gasteiger partial charge in [-0.3, -0.25) is 9.48 Å². The van der Waals surface area contributed by atoms with E-state index in [0.717, 1.165) is 5.56 Å². The van der Waals surface area contributed by atoms with Crippen LogP contribution >= 0.6 is 0 Å². The molecule has 0 unspecified atom stereocenters. The van der Waals surface area contributed by atoms with Crippen LogP contribution < -0.4 is 14.8 Å². The highest BCUT2D eigenvalue weighted by Gasteiger charge is 2.19. The number of para-hydroxylation sites is 1. The van der Waals surface area contributed by atoms with Gasteiger partial charge in [-0.05, 0) is 41.5 Å². The van der Waals surface area contributed by atoms with E-state index < -0.39 is 5.91 Å². The minimum atomic E-state index is -0.398. The van der Waals surface area contributed by atoms with Crippen molar-refractivity contribution in [3.05, 3.63) is 113 Å². The lowest BCUT2D eigenvalue weighted by atomic mass is 10.2. The van der Waals surface area contributed by atoms with Crippen molar-refractivity contribution in [3.8, 4) is 11.6 Å². The van der Waals surface area contributed by atoms with Crippen LogP contribution in [0.4, 0.5) is 8.78 Å². The second kappa shape index (κ2) is 10.6. The van der Waals surface area contributed by atoms with Crippen molar-refractivity contribution in [1.29, 1.82) is 0 Å². The molecule has 34 heavy (non-hydrogen) atoms. The van der Waals surface area contributed by atoms with Gasteiger partial charge < -0.3 is 14.8 Å². The molecule has 4 aromatic rings.